The molecule has 3 aromatic carbocycles. The van der Waals surface area contributed by atoms with Crippen LogP contribution in [-0.2, 0) is 0 Å². The van der Waals surface area contributed by atoms with Gasteiger partial charge in [-0.25, -0.2) is 9.59 Å². The molecule has 0 unspecified atom stereocenters. The van der Waals surface area contributed by atoms with Crippen molar-refractivity contribution in [1.82, 2.24) is 0 Å². The molecule has 0 fully saturated rings. The second kappa shape index (κ2) is 10.1. The minimum Gasteiger partial charge on any atom is -0.507 e. The van der Waals surface area contributed by atoms with Gasteiger partial charge in [-0.3, -0.25) is 0 Å². The molecule has 9 nitrogen and oxygen atoms in total. The Labute approximate surface area is 230 Å². The SMILES string of the molecule is COc1cc(C(c2c(O)c3cc(Cl)ccc3oc2=O)c2c(O)c3cc(Cl)ccc3oc2=O)cc(OC)c1OC. The van der Waals surface area contributed by atoms with Gasteiger partial charge in [-0.2, -0.15) is 0 Å². The molecular weight excluding hydrogens is 551 g/mol. The van der Waals surface area contributed by atoms with E-state index in [2.05, 4.69) is 0 Å². The number of benzene rings is 3. The number of ether oxygens (including phenoxy) is 3. The summed E-state index contributed by atoms with van der Waals surface area (Å²) in [6.45, 7) is 0. The minimum absolute atomic E-state index is 0.0656. The van der Waals surface area contributed by atoms with Crippen LogP contribution in [0.5, 0.6) is 28.7 Å². The zero-order valence-electron chi connectivity index (χ0n) is 20.7. The lowest BCUT2D eigenvalue weighted by Crippen LogP contribution is -2.21. The first-order valence-corrected chi connectivity index (χ1v) is 12.1. The number of hydrogen-bond acceptors (Lipinski definition) is 9. The summed E-state index contributed by atoms with van der Waals surface area (Å²) in [5, 5.41) is 23.6. The quantitative estimate of drug-likeness (QED) is 0.242. The highest BCUT2D eigenvalue weighted by atomic mass is 35.5. The van der Waals surface area contributed by atoms with Crippen LogP contribution in [0.2, 0.25) is 10.0 Å². The summed E-state index contributed by atoms with van der Waals surface area (Å²) in [7, 11) is 4.20. The van der Waals surface area contributed by atoms with Crippen molar-refractivity contribution in [2.45, 2.75) is 5.92 Å². The van der Waals surface area contributed by atoms with Gasteiger partial charge in [-0.05, 0) is 54.1 Å². The van der Waals surface area contributed by atoms with E-state index >= 15 is 0 Å². The normalized spacial score (nSPS) is 11.3. The molecule has 200 valence electrons. The third-order valence-electron chi connectivity index (χ3n) is 6.35. The van der Waals surface area contributed by atoms with Gasteiger partial charge in [0.25, 0.3) is 0 Å². The van der Waals surface area contributed by atoms with Crippen LogP contribution in [0.1, 0.15) is 22.6 Å². The van der Waals surface area contributed by atoms with E-state index in [4.69, 9.17) is 46.2 Å². The average Bonchev–Trinajstić information content (AvgIpc) is 2.92. The van der Waals surface area contributed by atoms with E-state index in [1.165, 1.54) is 69.9 Å². The first-order valence-electron chi connectivity index (χ1n) is 11.4. The summed E-state index contributed by atoms with van der Waals surface area (Å²) in [5.74, 6) is -1.82. The molecule has 5 aromatic rings. The highest BCUT2D eigenvalue weighted by Crippen LogP contribution is 2.47. The Morgan fingerprint density at radius 1 is 0.692 bits per heavy atom. The van der Waals surface area contributed by atoms with E-state index in [1.807, 2.05) is 0 Å². The molecule has 0 aliphatic heterocycles. The maximum atomic E-state index is 13.4. The number of halogens is 2. The van der Waals surface area contributed by atoms with E-state index in [1.54, 1.807) is 0 Å². The lowest BCUT2D eigenvalue weighted by Gasteiger charge is -2.22. The monoisotopic (exact) mass is 570 g/mol. The molecule has 0 radical (unpaired) electrons. The van der Waals surface area contributed by atoms with Crippen molar-refractivity contribution in [3.05, 3.63) is 96.1 Å². The Morgan fingerprint density at radius 2 is 1.13 bits per heavy atom. The zero-order valence-corrected chi connectivity index (χ0v) is 22.2. The highest BCUT2D eigenvalue weighted by molar-refractivity contribution is 6.31. The number of fused-ring (bicyclic) bond motifs is 2. The Hall–Kier alpha value is -4.34. The Kier molecular flexibility index (Phi) is 6.80. The number of rotatable bonds is 6. The lowest BCUT2D eigenvalue weighted by molar-refractivity contribution is 0.323. The number of aromatic hydroxyl groups is 2. The first-order chi connectivity index (χ1) is 18.7. The molecule has 2 N–H and O–H groups in total. The molecule has 0 aliphatic carbocycles. The fraction of sp³-hybridized carbons (Fsp3) is 0.143. The van der Waals surface area contributed by atoms with Gasteiger partial charge >= 0.3 is 11.3 Å². The van der Waals surface area contributed by atoms with Crippen molar-refractivity contribution in [3.63, 3.8) is 0 Å². The minimum atomic E-state index is -1.43. The molecule has 39 heavy (non-hydrogen) atoms. The molecule has 0 aliphatic rings. The topological polar surface area (TPSA) is 129 Å². The first kappa shape index (κ1) is 26.3. The van der Waals surface area contributed by atoms with Crippen LogP contribution in [0.25, 0.3) is 21.9 Å². The molecule has 11 heteroatoms. The summed E-state index contributed by atoms with van der Waals surface area (Å²) in [6, 6.07) is 11.6. The predicted octanol–water partition coefficient (Wildman–Crippen LogP) is 5.82. The van der Waals surface area contributed by atoms with Gasteiger partial charge in [-0.15, -0.1) is 0 Å². The number of hydrogen-bond donors (Lipinski definition) is 2. The van der Waals surface area contributed by atoms with Crippen molar-refractivity contribution in [2.75, 3.05) is 21.3 Å². The second-order valence-electron chi connectivity index (χ2n) is 8.48. The molecule has 0 amide bonds. The van der Waals surface area contributed by atoms with Gasteiger partial charge in [0, 0.05) is 10.0 Å². The van der Waals surface area contributed by atoms with E-state index in [0.717, 1.165) is 0 Å². The van der Waals surface area contributed by atoms with Crippen LogP contribution in [-0.4, -0.2) is 31.5 Å². The summed E-state index contributed by atoms with van der Waals surface area (Å²) < 4.78 is 27.3. The van der Waals surface area contributed by atoms with E-state index in [0.29, 0.717) is 0 Å². The fourth-order valence-corrected chi connectivity index (χ4v) is 4.94. The van der Waals surface area contributed by atoms with E-state index in [9.17, 15) is 19.8 Å². The van der Waals surface area contributed by atoms with Crippen molar-refractivity contribution in [1.29, 1.82) is 0 Å². The van der Waals surface area contributed by atoms with Crippen LogP contribution in [0.15, 0.2) is 67.0 Å². The second-order valence-corrected chi connectivity index (χ2v) is 9.35. The lowest BCUT2D eigenvalue weighted by atomic mass is 9.84. The van der Waals surface area contributed by atoms with Gasteiger partial charge in [0.2, 0.25) is 5.75 Å². The summed E-state index contributed by atoms with van der Waals surface area (Å²) in [4.78, 5) is 26.8. The van der Waals surface area contributed by atoms with E-state index in [-0.39, 0.29) is 65.9 Å². The van der Waals surface area contributed by atoms with Gasteiger partial charge in [0.05, 0.1) is 49.1 Å². The maximum absolute atomic E-state index is 13.4. The van der Waals surface area contributed by atoms with Crippen LogP contribution in [0.4, 0.5) is 0 Å². The molecule has 2 heterocycles. The Bertz CT molecular complexity index is 1740. The third-order valence-corrected chi connectivity index (χ3v) is 6.82. The molecule has 0 saturated carbocycles. The fourth-order valence-electron chi connectivity index (χ4n) is 4.60. The third kappa shape index (κ3) is 4.39. The van der Waals surface area contributed by atoms with Crippen molar-refractivity contribution in [2.24, 2.45) is 0 Å². The van der Waals surface area contributed by atoms with Gasteiger partial charge in [0.15, 0.2) is 11.5 Å². The maximum Gasteiger partial charge on any atom is 0.344 e. The summed E-state index contributed by atoms with van der Waals surface area (Å²) >= 11 is 12.3. The summed E-state index contributed by atoms with van der Waals surface area (Å²) in [5.41, 5.74) is -2.31. The van der Waals surface area contributed by atoms with Crippen molar-refractivity contribution < 1.29 is 33.3 Å². The van der Waals surface area contributed by atoms with Gasteiger partial charge in [-0.1, -0.05) is 23.2 Å². The average molecular weight is 571 g/mol. The smallest absolute Gasteiger partial charge is 0.344 e. The molecule has 0 spiro atoms. The largest absolute Gasteiger partial charge is 0.507 e. The van der Waals surface area contributed by atoms with Crippen LogP contribution < -0.4 is 25.5 Å². The molecule has 0 saturated heterocycles. The standard InChI is InChI=1S/C28H20Cl2O9/c1-35-19-8-12(9-20(36-2)26(19)37-3)21(22-24(31)15-10-13(29)4-6-17(15)38-27(22)33)23-25(32)16-11-14(30)5-7-18(16)39-28(23)34/h4-11,21,31-32H,1-3H3. The number of methoxy groups -OCH3 is 3. The molecule has 0 atom stereocenters. The highest BCUT2D eigenvalue weighted by Gasteiger charge is 2.34. The van der Waals surface area contributed by atoms with Crippen LogP contribution in [0, 0.1) is 0 Å². The molecule has 0 bridgehead atoms. The van der Waals surface area contributed by atoms with Gasteiger partial charge in [0.1, 0.15) is 22.7 Å². The van der Waals surface area contributed by atoms with Crippen LogP contribution >= 0.6 is 23.2 Å². The zero-order chi connectivity index (χ0) is 28.0. The molecular formula is C28H20Cl2O9. The molecule has 5 rings (SSSR count). The van der Waals surface area contributed by atoms with E-state index < -0.39 is 28.7 Å². The van der Waals surface area contributed by atoms with Crippen LogP contribution in [0.3, 0.4) is 0 Å². The van der Waals surface area contributed by atoms with Crippen molar-refractivity contribution >= 4 is 45.1 Å². The Balaban J connectivity index is 1.95. The van der Waals surface area contributed by atoms with Gasteiger partial charge < -0.3 is 33.3 Å². The summed E-state index contributed by atoms with van der Waals surface area (Å²) in [6.07, 6.45) is 0. The molecule has 2 aromatic heterocycles. The van der Waals surface area contributed by atoms with Crippen molar-refractivity contribution in [3.8, 4) is 28.7 Å². The predicted molar refractivity (Wildman–Crippen MR) is 145 cm³/mol. The Morgan fingerprint density at radius 3 is 1.51 bits per heavy atom.